The molecular formula is C22H17BrN2O2S. The van der Waals surface area contributed by atoms with Crippen molar-refractivity contribution in [3.8, 4) is 11.3 Å². The summed E-state index contributed by atoms with van der Waals surface area (Å²) in [5, 5.41) is 2.01. The molecule has 6 heteroatoms. The van der Waals surface area contributed by atoms with Crippen LogP contribution in [-0.4, -0.2) is 13.4 Å². The topological polar surface area (TPSA) is 59.1 Å². The molecule has 0 atom stereocenters. The van der Waals surface area contributed by atoms with Crippen LogP contribution in [0.15, 0.2) is 88.4 Å². The van der Waals surface area contributed by atoms with Gasteiger partial charge in [-0.2, -0.15) is 0 Å². The minimum absolute atomic E-state index is 0.218. The summed E-state index contributed by atoms with van der Waals surface area (Å²) in [6.07, 6.45) is 1.73. The van der Waals surface area contributed by atoms with Gasteiger partial charge in [0.1, 0.15) is 0 Å². The number of benzene rings is 3. The lowest BCUT2D eigenvalue weighted by atomic mass is 10.0. The Morgan fingerprint density at radius 1 is 0.929 bits per heavy atom. The van der Waals surface area contributed by atoms with E-state index in [4.69, 9.17) is 0 Å². The van der Waals surface area contributed by atoms with Gasteiger partial charge >= 0.3 is 0 Å². The zero-order valence-corrected chi connectivity index (χ0v) is 17.5. The molecule has 0 saturated carbocycles. The van der Waals surface area contributed by atoms with Gasteiger partial charge in [-0.3, -0.25) is 9.71 Å². The highest BCUT2D eigenvalue weighted by Crippen LogP contribution is 2.35. The molecule has 0 aliphatic rings. The second-order valence-electron chi connectivity index (χ2n) is 6.49. The molecule has 0 aliphatic carbocycles. The van der Waals surface area contributed by atoms with Crippen LogP contribution in [0.1, 0.15) is 5.56 Å². The van der Waals surface area contributed by atoms with E-state index >= 15 is 0 Å². The molecule has 0 saturated heterocycles. The number of aryl methyl sites for hydroxylation is 1. The molecule has 1 aromatic heterocycles. The third-order valence-corrected chi connectivity index (χ3v) is 6.36. The van der Waals surface area contributed by atoms with E-state index in [0.29, 0.717) is 5.69 Å². The number of anilines is 1. The molecule has 4 nitrogen and oxygen atoms in total. The van der Waals surface area contributed by atoms with Crippen LogP contribution >= 0.6 is 15.9 Å². The molecule has 140 valence electrons. The number of fused-ring (bicyclic) bond motifs is 1. The Hall–Kier alpha value is -2.70. The van der Waals surface area contributed by atoms with Crippen molar-refractivity contribution < 1.29 is 8.42 Å². The Kier molecular flexibility index (Phi) is 4.91. The Balaban J connectivity index is 1.85. The van der Waals surface area contributed by atoms with Crippen LogP contribution in [0, 0.1) is 6.92 Å². The molecule has 0 aliphatic heterocycles. The number of aromatic nitrogens is 1. The van der Waals surface area contributed by atoms with E-state index in [1.807, 2.05) is 49.4 Å². The maximum Gasteiger partial charge on any atom is 0.261 e. The lowest BCUT2D eigenvalue weighted by Gasteiger charge is -2.14. The van der Waals surface area contributed by atoms with Crippen LogP contribution in [0.25, 0.3) is 22.0 Å². The first kappa shape index (κ1) is 18.7. The van der Waals surface area contributed by atoms with Gasteiger partial charge in [-0.05, 0) is 48.7 Å². The first-order chi connectivity index (χ1) is 13.4. The Bertz CT molecular complexity index is 1260. The van der Waals surface area contributed by atoms with Crippen molar-refractivity contribution in [2.75, 3.05) is 4.72 Å². The smallest absolute Gasteiger partial charge is 0.261 e. The summed E-state index contributed by atoms with van der Waals surface area (Å²) >= 11 is 3.44. The van der Waals surface area contributed by atoms with Gasteiger partial charge in [0.2, 0.25) is 0 Å². The minimum atomic E-state index is -3.73. The summed E-state index contributed by atoms with van der Waals surface area (Å²) in [6, 6.07) is 22.1. The second kappa shape index (κ2) is 7.37. The molecule has 0 unspecified atom stereocenters. The number of hydrogen-bond donors (Lipinski definition) is 1. The lowest BCUT2D eigenvalue weighted by Crippen LogP contribution is -2.13. The SMILES string of the molecule is Cc1ccc(S(=O)(=O)Nc2cc(Br)ccc2-c2nccc3ccccc23)cc1. The molecular weight excluding hydrogens is 436 g/mol. The van der Waals surface area contributed by atoms with E-state index in [2.05, 4.69) is 25.6 Å². The molecule has 28 heavy (non-hydrogen) atoms. The first-order valence-corrected chi connectivity index (χ1v) is 10.9. The Labute approximate surface area is 172 Å². The molecule has 0 bridgehead atoms. The van der Waals surface area contributed by atoms with Crippen LogP contribution in [-0.2, 0) is 10.0 Å². The van der Waals surface area contributed by atoms with Gasteiger partial charge in [-0.15, -0.1) is 0 Å². The van der Waals surface area contributed by atoms with E-state index in [9.17, 15) is 8.42 Å². The molecule has 1 N–H and O–H groups in total. The van der Waals surface area contributed by atoms with Crippen molar-refractivity contribution in [3.05, 3.63) is 89.0 Å². The average Bonchev–Trinajstić information content (AvgIpc) is 2.68. The summed E-state index contributed by atoms with van der Waals surface area (Å²) in [4.78, 5) is 4.75. The van der Waals surface area contributed by atoms with E-state index in [1.54, 1.807) is 36.5 Å². The van der Waals surface area contributed by atoms with Crippen LogP contribution in [0.3, 0.4) is 0 Å². The number of pyridine rings is 1. The normalized spacial score (nSPS) is 11.5. The Morgan fingerprint density at radius 3 is 2.46 bits per heavy atom. The van der Waals surface area contributed by atoms with Crippen LogP contribution in [0.2, 0.25) is 0 Å². The maximum atomic E-state index is 12.9. The maximum absolute atomic E-state index is 12.9. The highest BCUT2D eigenvalue weighted by Gasteiger charge is 2.18. The number of rotatable bonds is 4. The first-order valence-electron chi connectivity index (χ1n) is 8.67. The number of sulfonamides is 1. The molecule has 1 heterocycles. The van der Waals surface area contributed by atoms with Gasteiger partial charge in [0, 0.05) is 21.6 Å². The highest BCUT2D eigenvalue weighted by atomic mass is 79.9. The summed E-state index contributed by atoms with van der Waals surface area (Å²) < 4.78 is 29.4. The fourth-order valence-corrected chi connectivity index (χ4v) is 4.49. The quantitative estimate of drug-likeness (QED) is 0.427. The van der Waals surface area contributed by atoms with Crippen LogP contribution in [0.5, 0.6) is 0 Å². The molecule has 0 spiro atoms. The molecule has 4 rings (SSSR count). The zero-order chi connectivity index (χ0) is 19.7. The van der Waals surface area contributed by atoms with Crippen molar-refractivity contribution >= 4 is 42.4 Å². The van der Waals surface area contributed by atoms with E-state index in [0.717, 1.165) is 32.1 Å². The van der Waals surface area contributed by atoms with Gasteiger partial charge in [-0.1, -0.05) is 57.9 Å². The fourth-order valence-electron chi connectivity index (χ4n) is 3.06. The molecule has 3 aromatic carbocycles. The van der Waals surface area contributed by atoms with Gasteiger partial charge < -0.3 is 0 Å². The zero-order valence-electron chi connectivity index (χ0n) is 15.1. The summed E-state index contributed by atoms with van der Waals surface area (Å²) in [6.45, 7) is 1.92. The number of hydrogen-bond acceptors (Lipinski definition) is 3. The molecule has 4 aromatic rings. The predicted octanol–water partition coefficient (Wildman–Crippen LogP) is 5.77. The van der Waals surface area contributed by atoms with Crippen LogP contribution in [0.4, 0.5) is 5.69 Å². The van der Waals surface area contributed by atoms with Gasteiger partial charge in [-0.25, -0.2) is 8.42 Å². The Morgan fingerprint density at radius 2 is 1.68 bits per heavy atom. The number of halogens is 1. The number of nitrogens with zero attached hydrogens (tertiary/aromatic N) is 1. The van der Waals surface area contributed by atoms with Crippen molar-refractivity contribution in [1.82, 2.24) is 4.98 Å². The summed E-state index contributed by atoms with van der Waals surface area (Å²) in [5.74, 6) is 0. The van der Waals surface area contributed by atoms with Gasteiger partial charge in [0.05, 0.1) is 16.3 Å². The van der Waals surface area contributed by atoms with E-state index in [-0.39, 0.29) is 4.90 Å². The standard InChI is InChI=1S/C22H17BrN2O2S/c1-15-6-9-18(10-7-15)28(26,27)25-21-14-17(23)8-11-20(21)22-19-5-3-2-4-16(19)12-13-24-22/h2-14,25H,1H3. The van der Waals surface area contributed by atoms with Crippen molar-refractivity contribution in [1.29, 1.82) is 0 Å². The van der Waals surface area contributed by atoms with Crippen molar-refractivity contribution in [2.45, 2.75) is 11.8 Å². The highest BCUT2D eigenvalue weighted by molar-refractivity contribution is 9.10. The monoisotopic (exact) mass is 452 g/mol. The van der Waals surface area contributed by atoms with Crippen molar-refractivity contribution in [2.24, 2.45) is 0 Å². The van der Waals surface area contributed by atoms with E-state index in [1.165, 1.54) is 0 Å². The predicted molar refractivity (Wildman–Crippen MR) is 117 cm³/mol. The molecule has 0 fully saturated rings. The van der Waals surface area contributed by atoms with Gasteiger partial charge in [0.15, 0.2) is 0 Å². The lowest BCUT2D eigenvalue weighted by molar-refractivity contribution is 0.601. The van der Waals surface area contributed by atoms with Crippen LogP contribution < -0.4 is 4.72 Å². The minimum Gasteiger partial charge on any atom is -0.279 e. The van der Waals surface area contributed by atoms with Gasteiger partial charge in [0.25, 0.3) is 10.0 Å². The number of nitrogens with one attached hydrogen (secondary N) is 1. The third-order valence-electron chi connectivity index (χ3n) is 4.49. The largest absolute Gasteiger partial charge is 0.279 e. The third kappa shape index (κ3) is 3.66. The second-order valence-corrected chi connectivity index (χ2v) is 9.09. The van der Waals surface area contributed by atoms with E-state index < -0.39 is 10.0 Å². The van der Waals surface area contributed by atoms with Crippen molar-refractivity contribution in [3.63, 3.8) is 0 Å². The summed E-state index contributed by atoms with van der Waals surface area (Å²) in [7, 11) is -3.73. The fraction of sp³-hybridized carbons (Fsp3) is 0.0455. The molecule has 0 amide bonds. The summed E-state index contributed by atoms with van der Waals surface area (Å²) in [5.41, 5.74) is 2.92. The molecule has 0 radical (unpaired) electrons. The average molecular weight is 453 g/mol.